The lowest BCUT2D eigenvalue weighted by atomic mass is 10.0. The number of hydrogen-bond acceptors (Lipinski definition) is 8. The molecule has 3 rings (SSSR count). The van der Waals surface area contributed by atoms with Crippen molar-refractivity contribution in [2.75, 3.05) is 26.7 Å². The van der Waals surface area contributed by atoms with Crippen molar-refractivity contribution in [2.45, 2.75) is 50.5 Å². The maximum Gasteiger partial charge on any atom is 0.247 e. The maximum absolute atomic E-state index is 13.5. The monoisotopic (exact) mass is 488 g/mol. The Hall–Kier alpha value is -2.55. The van der Waals surface area contributed by atoms with Gasteiger partial charge in [-0.3, -0.25) is 4.90 Å². The Balaban J connectivity index is 1.99. The molecule has 10 heteroatoms. The fourth-order valence-corrected chi connectivity index (χ4v) is 5.63. The normalized spacial score (nSPS) is 21.9. The van der Waals surface area contributed by atoms with Crippen LogP contribution in [-0.2, 0) is 16.6 Å². The van der Waals surface area contributed by atoms with Gasteiger partial charge in [0.05, 0.1) is 6.61 Å². The molecule has 0 saturated carbocycles. The van der Waals surface area contributed by atoms with Crippen LogP contribution < -0.4 is 4.74 Å². The van der Waals surface area contributed by atoms with Crippen LogP contribution in [0.25, 0.3) is 0 Å². The van der Waals surface area contributed by atoms with Crippen LogP contribution in [0.1, 0.15) is 31.9 Å². The first-order valence-electron chi connectivity index (χ1n) is 11.2. The van der Waals surface area contributed by atoms with Crippen LogP contribution >= 0.6 is 0 Å². The number of aliphatic hydroxyl groups is 2. The molecule has 4 atom stereocenters. The number of hydrogen-bond donors (Lipinski definition) is 2. The van der Waals surface area contributed by atoms with Gasteiger partial charge in [-0.05, 0) is 39.1 Å². The van der Waals surface area contributed by atoms with Crippen molar-refractivity contribution in [1.82, 2.24) is 19.2 Å². The smallest absolute Gasteiger partial charge is 0.247 e. The fraction of sp³-hybridized carbons (Fsp3) is 0.500. The second-order valence-corrected chi connectivity index (χ2v) is 10.6. The highest BCUT2D eigenvalue weighted by molar-refractivity contribution is 7.89. The molecule has 34 heavy (non-hydrogen) atoms. The van der Waals surface area contributed by atoms with Gasteiger partial charge in [-0.1, -0.05) is 18.8 Å². The second-order valence-electron chi connectivity index (χ2n) is 8.79. The van der Waals surface area contributed by atoms with E-state index >= 15 is 0 Å². The van der Waals surface area contributed by atoms with Gasteiger partial charge in [0.25, 0.3) is 0 Å². The second kappa shape index (κ2) is 11.3. The number of ether oxygens (including phenoxy) is 1. The Bertz CT molecular complexity index is 1130. The van der Waals surface area contributed by atoms with Gasteiger partial charge in [0, 0.05) is 55.1 Å². The van der Waals surface area contributed by atoms with Gasteiger partial charge >= 0.3 is 0 Å². The van der Waals surface area contributed by atoms with E-state index in [9.17, 15) is 18.6 Å². The molecule has 1 aliphatic heterocycles. The molecule has 0 amide bonds. The van der Waals surface area contributed by atoms with Crippen molar-refractivity contribution >= 4 is 10.0 Å². The zero-order chi connectivity index (χ0) is 24.9. The Morgan fingerprint density at radius 2 is 2.00 bits per heavy atom. The van der Waals surface area contributed by atoms with Crippen molar-refractivity contribution in [3.63, 3.8) is 0 Å². The molecule has 0 bridgehead atoms. The molecule has 184 valence electrons. The molecule has 0 aliphatic carbocycles. The summed E-state index contributed by atoms with van der Waals surface area (Å²) in [5.41, 5.74) is 1.50. The lowest BCUT2D eigenvalue weighted by Gasteiger charge is -2.37. The molecule has 0 saturated heterocycles. The zero-order valence-electron chi connectivity index (χ0n) is 19.9. The topological polar surface area (TPSA) is 116 Å². The van der Waals surface area contributed by atoms with Crippen LogP contribution in [0.3, 0.4) is 0 Å². The number of nitrogens with zero attached hydrogens (tertiary/aromatic N) is 4. The van der Waals surface area contributed by atoms with E-state index in [1.54, 1.807) is 38.4 Å². The van der Waals surface area contributed by atoms with Gasteiger partial charge < -0.3 is 14.9 Å². The summed E-state index contributed by atoms with van der Waals surface area (Å²) < 4.78 is 34.7. The Labute approximate surface area is 201 Å². The molecule has 0 fully saturated rings. The summed E-state index contributed by atoms with van der Waals surface area (Å²) in [6.07, 6.45) is 3.85. The summed E-state index contributed by atoms with van der Waals surface area (Å²) in [4.78, 5) is 10.2. The number of aliphatic hydroxyl groups excluding tert-OH is 2. The summed E-state index contributed by atoms with van der Waals surface area (Å²) >= 11 is 0. The Morgan fingerprint density at radius 1 is 1.29 bits per heavy atom. The molecule has 9 nitrogen and oxygen atoms in total. The molecule has 1 aromatic heterocycles. The molecule has 2 N–H and O–H groups in total. The van der Waals surface area contributed by atoms with Crippen molar-refractivity contribution in [3.8, 4) is 17.6 Å². The summed E-state index contributed by atoms with van der Waals surface area (Å²) in [5.74, 6) is 5.56. The average Bonchev–Trinajstić information content (AvgIpc) is 2.80. The fourth-order valence-electron chi connectivity index (χ4n) is 3.80. The standard InChI is InChI=1S/C24H32N4O5S/c1-17-12-28(18(2)15-29)34(31,32)24-8-7-20(6-5-19(3)30)9-22(24)33-23(17)14-27(4)13-21-10-25-16-26-11-21/h7-11,16-19,23,29-30H,12-15H2,1-4H3/t17-,18-,19-,23+/m1/s1. The highest BCUT2D eigenvalue weighted by atomic mass is 32.2. The first-order valence-corrected chi connectivity index (χ1v) is 12.6. The van der Waals surface area contributed by atoms with Crippen LogP contribution in [0.2, 0.25) is 0 Å². The third-order valence-electron chi connectivity index (χ3n) is 5.65. The first-order chi connectivity index (χ1) is 16.1. The number of rotatable bonds is 6. The van der Waals surface area contributed by atoms with Gasteiger partial charge in [-0.2, -0.15) is 4.31 Å². The minimum absolute atomic E-state index is 0.0337. The van der Waals surface area contributed by atoms with Gasteiger partial charge in [0.1, 0.15) is 29.2 Å². The SMILES string of the molecule is C[C@@H]1CN([C@H](C)CO)S(=O)(=O)c2ccc(C#C[C@@H](C)O)cc2O[C@H]1CN(C)Cc1cncnc1. The first kappa shape index (κ1) is 26.1. The van der Waals surface area contributed by atoms with Gasteiger partial charge in [0.2, 0.25) is 10.0 Å². The predicted molar refractivity (Wildman–Crippen MR) is 127 cm³/mol. The van der Waals surface area contributed by atoms with E-state index < -0.39 is 22.2 Å². The molecular formula is C24H32N4O5S. The number of fused-ring (bicyclic) bond motifs is 1. The largest absolute Gasteiger partial charge is 0.487 e. The quantitative estimate of drug-likeness (QED) is 0.581. The van der Waals surface area contributed by atoms with E-state index in [2.05, 4.69) is 26.7 Å². The van der Waals surface area contributed by atoms with Crippen molar-refractivity contribution < 1.29 is 23.4 Å². The van der Waals surface area contributed by atoms with Crippen LogP contribution in [-0.4, -0.2) is 82.8 Å². The molecule has 0 radical (unpaired) electrons. The van der Waals surface area contributed by atoms with Crippen molar-refractivity contribution in [3.05, 3.63) is 48.0 Å². The molecular weight excluding hydrogens is 456 g/mol. The average molecular weight is 489 g/mol. The van der Waals surface area contributed by atoms with Gasteiger partial charge in [-0.15, -0.1) is 0 Å². The van der Waals surface area contributed by atoms with E-state index in [1.165, 1.54) is 16.7 Å². The summed E-state index contributed by atoms with van der Waals surface area (Å²) in [5, 5.41) is 19.2. The third kappa shape index (κ3) is 6.31. The van der Waals surface area contributed by atoms with E-state index in [4.69, 9.17) is 4.74 Å². The minimum Gasteiger partial charge on any atom is -0.487 e. The number of benzene rings is 1. The van der Waals surface area contributed by atoms with E-state index in [1.807, 2.05) is 14.0 Å². The summed E-state index contributed by atoms with van der Waals surface area (Å²) in [7, 11) is -1.96. The molecule has 0 unspecified atom stereocenters. The van der Waals surface area contributed by atoms with Gasteiger partial charge in [0.15, 0.2) is 0 Å². The Kier molecular flexibility index (Phi) is 8.62. The molecule has 1 aromatic carbocycles. The number of sulfonamides is 1. The maximum atomic E-state index is 13.5. The van der Waals surface area contributed by atoms with Crippen molar-refractivity contribution in [1.29, 1.82) is 0 Å². The van der Waals surface area contributed by atoms with Gasteiger partial charge in [-0.25, -0.2) is 18.4 Å². The molecule has 1 aliphatic rings. The van der Waals surface area contributed by atoms with E-state index in [-0.39, 0.29) is 35.8 Å². The molecule has 2 aromatic rings. The minimum atomic E-state index is -3.91. The molecule has 0 spiro atoms. The highest BCUT2D eigenvalue weighted by Gasteiger charge is 2.38. The summed E-state index contributed by atoms with van der Waals surface area (Å²) in [6.45, 7) is 6.24. The van der Waals surface area contributed by atoms with Crippen LogP contribution in [0.5, 0.6) is 5.75 Å². The summed E-state index contributed by atoms with van der Waals surface area (Å²) in [6, 6.07) is 4.08. The number of aromatic nitrogens is 2. The zero-order valence-corrected chi connectivity index (χ0v) is 20.7. The van der Waals surface area contributed by atoms with Crippen molar-refractivity contribution in [2.24, 2.45) is 5.92 Å². The number of likely N-dealkylation sites (N-methyl/N-ethyl adjacent to an activating group) is 1. The highest BCUT2D eigenvalue weighted by Crippen LogP contribution is 2.34. The Morgan fingerprint density at radius 3 is 2.65 bits per heavy atom. The van der Waals surface area contributed by atoms with E-state index in [0.29, 0.717) is 18.7 Å². The third-order valence-corrected chi connectivity index (χ3v) is 7.67. The lowest BCUT2D eigenvalue weighted by Crippen LogP contribution is -2.49. The lowest BCUT2D eigenvalue weighted by molar-refractivity contribution is 0.0733. The van der Waals surface area contributed by atoms with Crippen LogP contribution in [0, 0.1) is 17.8 Å². The van der Waals surface area contributed by atoms with E-state index in [0.717, 1.165) is 5.56 Å². The van der Waals surface area contributed by atoms with Crippen LogP contribution in [0.15, 0.2) is 41.8 Å². The van der Waals surface area contributed by atoms with Crippen LogP contribution in [0.4, 0.5) is 0 Å². The predicted octanol–water partition coefficient (Wildman–Crippen LogP) is 1.11. The molecule has 2 heterocycles.